The standard InChI is InChI=1S/C25H30N3O2PS/c1-2-31(30)15-13-28(14-16-31)12-11-19-5-7-20(8-6-19)25(29)27-23-18-21(9-10-22(23)26)24-4-3-17-32-24/h3-10,17-18H,2,11-16,26H2,1H3,(H,27,29). The van der Waals surface area contributed by atoms with Crippen LogP contribution in [0.15, 0.2) is 60.0 Å². The first-order chi connectivity index (χ1) is 15.5. The number of nitrogens with two attached hydrogens (primary N) is 1. The molecule has 1 aromatic heterocycles. The molecule has 2 heterocycles. The normalized spacial score (nSPS) is 16.0. The predicted octanol–water partition coefficient (Wildman–Crippen LogP) is 5.49. The highest BCUT2D eigenvalue weighted by Crippen LogP contribution is 2.46. The molecule has 3 aromatic rings. The number of benzene rings is 2. The summed E-state index contributed by atoms with van der Waals surface area (Å²) in [7, 11) is -1.89. The SMILES string of the molecule is CCP1(=O)CCN(CCc2ccc(C(=O)Nc3cc(-c4cccs4)ccc3N)cc2)CC1. The van der Waals surface area contributed by atoms with Gasteiger partial charge in [0.1, 0.15) is 0 Å². The molecular weight excluding hydrogens is 437 g/mol. The lowest BCUT2D eigenvalue weighted by Gasteiger charge is -2.31. The maximum absolute atomic E-state index is 12.8. The minimum atomic E-state index is -1.89. The van der Waals surface area contributed by atoms with Crippen LogP contribution in [0, 0.1) is 0 Å². The summed E-state index contributed by atoms with van der Waals surface area (Å²) in [4.78, 5) is 16.3. The quantitative estimate of drug-likeness (QED) is 0.356. The zero-order valence-corrected chi connectivity index (χ0v) is 20.1. The Kier molecular flexibility index (Phi) is 7.14. The van der Waals surface area contributed by atoms with Gasteiger partial charge in [0.25, 0.3) is 5.91 Å². The van der Waals surface area contributed by atoms with E-state index < -0.39 is 7.14 Å². The van der Waals surface area contributed by atoms with Gasteiger partial charge in [-0.1, -0.05) is 31.2 Å². The lowest BCUT2D eigenvalue weighted by molar-refractivity contribution is 0.102. The molecule has 0 spiro atoms. The van der Waals surface area contributed by atoms with E-state index >= 15 is 0 Å². The summed E-state index contributed by atoms with van der Waals surface area (Å²) in [5.74, 6) is -0.169. The summed E-state index contributed by atoms with van der Waals surface area (Å²) in [6.45, 7) is 4.86. The van der Waals surface area contributed by atoms with Gasteiger partial charge in [-0.25, -0.2) is 0 Å². The number of nitrogens with one attached hydrogen (secondary N) is 1. The summed E-state index contributed by atoms with van der Waals surface area (Å²) in [6.07, 6.45) is 3.45. The van der Waals surface area contributed by atoms with Crippen LogP contribution in [-0.4, -0.2) is 48.9 Å². The number of rotatable bonds is 7. The molecule has 0 unspecified atom stereocenters. The van der Waals surface area contributed by atoms with Crippen LogP contribution in [0.2, 0.25) is 0 Å². The number of hydrogen-bond donors (Lipinski definition) is 2. The predicted molar refractivity (Wildman–Crippen MR) is 137 cm³/mol. The molecule has 0 radical (unpaired) electrons. The first kappa shape index (κ1) is 22.8. The Morgan fingerprint density at radius 1 is 1.12 bits per heavy atom. The first-order valence-corrected chi connectivity index (χ1v) is 14.2. The molecule has 32 heavy (non-hydrogen) atoms. The number of thiophene rings is 1. The molecule has 1 aliphatic rings. The van der Waals surface area contributed by atoms with Crippen molar-refractivity contribution in [2.45, 2.75) is 13.3 Å². The molecule has 168 valence electrons. The van der Waals surface area contributed by atoms with Gasteiger partial charge < -0.3 is 20.5 Å². The molecule has 5 nitrogen and oxygen atoms in total. The number of amides is 1. The lowest BCUT2D eigenvalue weighted by Crippen LogP contribution is -2.36. The van der Waals surface area contributed by atoms with Gasteiger partial charge in [0.2, 0.25) is 0 Å². The number of nitrogens with zero attached hydrogens (tertiary/aromatic N) is 1. The minimum Gasteiger partial charge on any atom is -0.397 e. The van der Waals surface area contributed by atoms with Crippen LogP contribution in [-0.2, 0) is 11.0 Å². The van der Waals surface area contributed by atoms with Crippen molar-refractivity contribution in [3.8, 4) is 10.4 Å². The Morgan fingerprint density at radius 2 is 1.88 bits per heavy atom. The second-order valence-electron chi connectivity index (χ2n) is 8.34. The van der Waals surface area contributed by atoms with Gasteiger partial charge in [0, 0.05) is 42.4 Å². The molecule has 7 heteroatoms. The summed E-state index contributed by atoms with van der Waals surface area (Å²) >= 11 is 1.65. The number of hydrogen-bond acceptors (Lipinski definition) is 5. The smallest absolute Gasteiger partial charge is 0.255 e. The highest BCUT2D eigenvalue weighted by atomic mass is 32.1. The minimum absolute atomic E-state index is 0.169. The fourth-order valence-electron chi connectivity index (χ4n) is 3.98. The van der Waals surface area contributed by atoms with Gasteiger partial charge in [-0.3, -0.25) is 4.79 Å². The molecule has 0 atom stereocenters. The Hall–Kier alpha value is -2.40. The van der Waals surface area contributed by atoms with Crippen molar-refractivity contribution in [3.63, 3.8) is 0 Å². The highest BCUT2D eigenvalue weighted by Gasteiger charge is 2.26. The third kappa shape index (κ3) is 5.50. The molecule has 0 bridgehead atoms. The summed E-state index contributed by atoms with van der Waals surface area (Å²) < 4.78 is 12.5. The fraction of sp³-hybridized carbons (Fsp3) is 0.320. The van der Waals surface area contributed by atoms with E-state index in [1.165, 1.54) is 5.56 Å². The van der Waals surface area contributed by atoms with Crippen LogP contribution in [0.3, 0.4) is 0 Å². The molecule has 1 fully saturated rings. The molecule has 0 saturated carbocycles. The Bertz CT molecular complexity index is 1100. The van der Waals surface area contributed by atoms with Crippen LogP contribution in [0.5, 0.6) is 0 Å². The third-order valence-electron chi connectivity index (χ3n) is 6.26. The number of nitrogen functional groups attached to an aromatic ring is 1. The molecule has 0 aliphatic carbocycles. The van der Waals surface area contributed by atoms with E-state index in [0.717, 1.165) is 55.0 Å². The average molecular weight is 468 g/mol. The third-order valence-corrected chi connectivity index (χ3v) is 10.4. The molecule has 1 saturated heterocycles. The van der Waals surface area contributed by atoms with Gasteiger partial charge in [0.15, 0.2) is 0 Å². The summed E-state index contributed by atoms with van der Waals surface area (Å²) in [6, 6.07) is 17.5. The summed E-state index contributed by atoms with van der Waals surface area (Å²) in [5, 5.41) is 4.98. The van der Waals surface area contributed by atoms with Crippen molar-refractivity contribution in [3.05, 3.63) is 71.1 Å². The molecule has 1 aliphatic heterocycles. The summed E-state index contributed by atoms with van der Waals surface area (Å²) in [5.41, 5.74) is 10.1. The van der Waals surface area contributed by atoms with Crippen molar-refractivity contribution in [1.82, 2.24) is 4.90 Å². The van der Waals surface area contributed by atoms with Crippen molar-refractivity contribution >= 4 is 35.8 Å². The molecular formula is C25H30N3O2PS. The van der Waals surface area contributed by atoms with Crippen LogP contribution in [0.1, 0.15) is 22.8 Å². The molecule has 3 N–H and O–H groups in total. The Balaban J connectivity index is 1.34. The monoisotopic (exact) mass is 467 g/mol. The van der Waals surface area contributed by atoms with E-state index in [1.807, 2.05) is 66.9 Å². The van der Waals surface area contributed by atoms with E-state index in [0.29, 0.717) is 16.9 Å². The molecule has 1 amide bonds. The number of anilines is 2. The van der Waals surface area contributed by atoms with Gasteiger partial charge in [0.05, 0.1) is 18.5 Å². The largest absolute Gasteiger partial charge is 0.397 e. The van der Waals surface area contributed by atoms with Crippen LogP contribution < -0.4 is 11.1 Å². The van der Waals surface area contributed by atoms with E-state index in [2.05, 4.69) is 10.2 Å². The van der Waals surface area contributed by atoms with Crippen molar-refractivity contribution in [1.29, 1.82) is 0 Å². The molecule has 4 rings (SSSR count). The number of carbonyl (C=O) groups is 1. The van der Waals surface area contributed by atoms with E-state index in [-0.39, 0.29) is 5.91 Å². The fourth-order valence-corrected chi connectivity index (χ4v) is 6.85. The van der Waals surface area contributed by atoms with Crippen LogP contribution in [0.4, 0.5) is 11.4 Å². The van der Waals surface area contributed by atoms with Crippen LogP contribution in [0.25, 0.3) is 10.4 Å². The van der Waals surface area contributed by atoms with Gasteiger partial charge in [-0.2, -0.15) is 0 Å². The van der Waals surface area contributed by atoms with Crippen LogP contribution >= 0.6 is 18.5 Å². The van der Waals surface area contributed by atoms with Gasteiger partial charge in [-0.05, 0) is 59.4 Å². The van der Waals surface area contributed by atoms with Crippen molar-refractivity contribution in [2.75, 3.05) is 49.2 Å². The lowest BCUT2D eigenvalue weighted by atomic mass is 10.1. The Morgan fingerprint density at radius 3 is 2.53 bits per heavy atom. The number of carbonyl (C=O) groups excluding carboxylic acids is 1. The first-order valence-electron chi connectivity index (χ1n) is 11.1. The van der Waals surface area contributed by atoms with E-state index in [9.17, 15) is 9.36 Å². The van der Waals surface area contributed by atoms with Gasteiger partial charge in [-0.15, -0.1) is 11.3 Å². The Labute approximate surface area is 194 Å². The van der Waals surface area contributed by atoms with Crippen molar-refractivity contribution in [2.24, 2.45) is 0 Å². The maximum Gasteiger partial charge on any atom is 0.255 e. The zero-order valence-electron chi connectivity index (χ0n) is 18.4. The van der Waals surface area contributed by atoms with Crippen molar-refractivity contribution < 1.29 is 9.36 Å². The highest BCUT2D eigenvalue weighted by molar-refractivity contribution is 7.64. The topological polar surface area (TPSA) is 75.4 Å². The molecule has 2 aromatic carbocycles. The van der Waals surface area contributed by atoms with E-state index in [1.54, 1.807) is 11.3 Å². The zero-order chi connectivity index (χ0) is 22.6. The van der Waals surface area contributed by atoms with E-state index in [4.69, 9.17) is 5.73 Å². The second kappa shape index (κ2) is 10.0. The maximum atomic E-state index is 12.8. The second-order valence-corrected chi connectivity index (χ2v) is 12.9. The average Bonchev–Trinajstić information content (AvgIpc) is 3.35. The van der Waals surface area contributed by atoms with Gasteiger partial charge >= 0.3 is 0 Å².